The summed E-state index contributed by atoms with van der Waals surface area (Å²) in [5.74, 6) is 1.67. The highest BCUT2D eigenvalue weighted by Crippen LogP contribution is 2.25. The number of hydrogen-bond acceptors (Lipinski definition) is 4. The number of hydrazone groups is 1. The number of benzene rings is 4. The summed E-state index contributed by atoms with van der Waals surface area (Å²) in [4.78, 5) is 12.4. The first kappa shape index (κ1) is 20.7. The highest BCUT2D eigenvalue weighted by atomic mass is 32.2. The molecule has 0 atom stereocenters. The number of nitrogens with one attached hydrogen (secondary N) is 1. The van der Waals surface area contributed by atoms with Gasteiger partial charge in [0.05, 0.1) is 6.21 Å². The lowest BCUT2D eigenvalue weighted by molar-refractivity contribution is 0.0955. The van der Waals surface area contributed by atoms with E-state index in [1.807, 2.05) is 72.4 Å². The molecule has 4 rings (SSSR count). The number of phenols is 1. The average Bonchev–Trinajstić information content (AvgIpc) is 2.81. The summed E-state index contributed by atoms with van der Waals surface area (Å²) in [5.41, 5.74) is 6.12. The van der Waals surface area contributed by atoms with Gasteiger partial charge in [-0.3, -0.25) is 4.79 Å². The second-order valence-corrected chi connectivity index (χ2v) is 8.08. The molecule has 0 unspecified atom stereocenters. The number of carbonyl (C=O) groups is 1. The normalized spacial score (nSPS) is 11.1. The van der Waals surface area contributed by atoms with Crippen LogP contribution in [-0.4, -0.2) is 17.2 Å². The number of carbonyl (C=O) groups excluding carboxylic acids is 1. The number of fused-ring (bicyclic) bond motifs is 1. The number of phenolic OH excluding ortho intramolecular Hbond substituents is 1. The Morgan fingerprint density at radius 1 is 0.839 bits per heavy atom. The maximum Gasteiger partial charge on any atom is 0.271 e. The summed E-state index contributed by atoms with van der Waals surface area (Å²) in [7, 11) is 0. The fourth-order valence-corrected chi connectivity index (χ4v) is 4.21. The third-order valence-electron chi connectivity index (χ3n) is 4.90. The van der Waals surface area contributed by atoms with Crippen molar-refractivity contribution >= 4 is 34.7 Å². The minimum Gasteiger partial charge on any atom is -0.507 e. The lowest BCUT2D eigenvalue weighted by atomic mass is 10.0. The molecule has 0 aromatic heterocycles. The van der Waals surface area contributed by atoms with Crippen LogP contribution in [0.25, 0.3) is 10.8 Å². The average molecular weight is 427 g/mol. The van der Waals surface area contributed by atoms with Gasteiger partial charge in [0.25, 0.3) is 5.91 Å². The highest BCUT2D eigenvalue weighted by Gasteiger charge is 2.06. The van der Waals surface area contributed by atoms with Gasteiger partial charge in [-0.1, -0.05) is 72.8 Å². The molecule has 4 aromatic carbocycles. The third kappa shape index (κ3) is 5.32. The molecular formula is C26H22N2O2S. The molecule has 31 heavy (non-hydrogen) atoms. The van der Waals surface area contributed by atoms with Gasteiger partial charge >= 0.3 is 0 Å². The van der Waals surface area contributed by atoms with Crippen molar-refractivity contribution in [2.75, 3.05) is 0 Å². The Bertz CT molecular complexity index is 1210. The largest absolute Gasteiger partial charge is 0.507 e. The Balaban J connectivity index is 1.34. The summed E-state index contributed by atoms with van der Waals surface area (Å²) < 4.78 is 0. The first-order chi connectivity index (χ1) is 15.2. The van der Waals surface area contributed by atoms with Gasteiger partial charge in [0.15, 0.2) is 0 Å². The van der Waals surface area contributed by atoms with Crippen LogP contribution in [-0.2, 0) is 11.5 Å². The molecule has 2 N–H and O–H groups in total. The van der Waals surface area contributed by atoms with E-state index >= 15 is 0 Å². The molecule has 0 radical (unpaired) electrons. The third-order valence-corrected chi connectivity index (χ3v) is 5.98. The summed E-state index contributed by atoms with van der Waals surface area (Å²) in [6.45, 7) is 0. The van der Waals surface area contributed by atoms with Crippen LogP contribution in [0.2, 0.25) is 0 Å². The predicted octanol–water partition coefficient (Wildman–Crippen LogP) is 5.74. The van der Waals surface area contributed by atoms with Crippen molar-refractivity contribution in [3.63, 3.8) is 0 Å². The number of hydrogen-bond donors (Lipinski definition) is 2. The zero-order chi connectivity index (χ0) is 21.5. The smallest absolute Gasteiger partial charge is 0.271 e. The van der Waals surface area contributed by atoms with Gasteiger partial charge in [-0.2, -0.15) is 16.9 Å². The highest BCUT2D eigenvalue weighted by molar-refractivity contribution is 7.97. The van der Waals surface area contributed by atoms with Crippen LogP contribution in [0.3, 0.4) is 0 Å². The molecular weight excluding hydrogens is 404 g/mol. The monoisotopic (exact) mass is 426 g/mol. The maximum atomic E-state index is 12.4. The summed E-state index contributed by atoms with van der Waals surface area (Å²) >= 11 is 1.84. The van der Waals surface area contributed by atoms with E-state index in [1.165, 1.54) is 17.3 Å². The van der Waals surface area contributed by atoms with E-state index in [0.717, 1.165) is 22.3 Å². The van der Waals surface area contributed by atoms with E-state index in [9.17, 15) is 9.90 Å². The molecule has 0 aliphatic carbocycles. The molecule has 0 heterocycles. The fourth-order valence-electron chi connectivity index (χ4n) is 3.25. The van der Waals surface area contributed by atoms with Crippen molar-refractivity contribution in [1.82, 2.24) is 5.43 Å². The van der Waals surface area contributed by atoms with Crippen molar-refractivity contribution in [2.45, 2.75) is 11.5 Å². The Kier molecular flexibility index (Phi) is 6.65. The molecule has 4 aromatic rings. The van der Waals surface area contributed by atoms with E-state index in [-0.39, 0.29) is 11.7 Å². The van der Waals surface area contributed by atoms with Gasteiger partial charge < -0.3 is 5.11 Å². The molecule has 0 aliphatic heterocycles. The standard InChI is InChI=1S/C26H22N2O2S/c29-25-15-14-21-8-4-5-9-23(21)24(25)16-27-28-26(30)22-12-10-20(11-13-22)18-31-17-19-6-2-1-3-7-19/h1-16,29H,17-18H2,(H,28,30)/b27-16-. The summed E-state index contributed by atoms with van der Waals surface area (Å²) in [6, 6.07) is 29.1. The summed E-state index contributed by atoms with van der Waals surface area (Å²) in [6.07, 6.45) is 1.48. The van der Waals surface area contributed by atoms with Gasteiger partial charge in [-0.15, -0.1) is 0 Å². The van der Waals surface area contributed by atoms with Gasteiger partial charge in [0.2, 0.25) is 0 Å². The van der Waals surface area contributed by atoms with Crippen LogP contribution in [0.5, 0.6) is 5.75 Å². The number of amides is 1. The Morgan fingerprint density at radius 2 is 1.52 bits per heavy atom. The van der Waals surface area contributed by atoms with Crippen molar-refractivity contribution in [3.05, 3.63) is 113 Å². The van der Waals surface area contributed by atoms with Crippen LogP contribution in [0.15, 0.2) is 96.1 Å². The van der Waals surface area contributed by atoms with Crippen molar-refractivity contribution in [1.29, 1.82) is 0 Å². The lowest BCUT2D eigenvalue weighted by Crippen LogP contribution is -2.17. The van der Waals surface area contributed by atoms with Crippen molar-refractivity contribution in [2.24, 2.45) is 5.10 Å². The molecule has 0 saturated carbocycles. The van der Waals surface area contributed by atoms with Crippen molar-refractivity contribution < 1.29 is 9.90 Å². The molecule has 0 aliphatic rings. The maximum absolute atomic E-state index is 12.4. The quantitative estimate of drug-likeness (QED) is 0.292. The van der Waals surface area contributed by atoms with Gasteiger partial charge in [-0.05, 0) is 40.1 Å². The van der Waals surface area contributed by atoms with Gasteiger partial charge in [0, 0.05) is 22.6 Å². The van der Waals surface area contributed by atoms with Gasteiger partial charge in [0.1, 0.15) is 5.75 Å². The van der Waals surface area contributed by atoms with E-state index in [2.05, 4.69) is 22.7 Å². The molecule has 0 fully saturated rings. The van der Waals surface area contributed by atoms with E-state index in [4.69, 9.17) is 0 Å². The molecule has 5 heteroatoms. The molecule has 0 spiro atoms. The lowest BCUT2D eigenvalue weighted by Gasteiger charge is -2.06. The minimum atomic E-state index is -0.292. The van der Waals surface area contributed by atoms with E-state index in [1.54, 1.807) is 18.2 Å². The zero-order valence-corrected chi connectivity index (χ0v) is 17.7. The molecule has 1 amide bonds. The first-order valence-corrected chi connectivity index (χ1v) is 11.1. The number of aromatic hydroxyl groups is 1. The van der Waals surface area contributed by atoms with Crippen LogP contribution in [0.1, 0.15) is 27.0 Å². The molecule has 154 valence electrons. The topological polar surface area (TPSA) is 61.7 Å². The van der Waals surface area contributed by atoms with E-state index < -0.39 is 0 Å². The SMILES string of the molecule is O=C(N/N=C\c1c(O)ccc2ccccc12)c1ccc(CSCc2ccccc2)cc1. The van der Waals surface area contributed by atoms with E-state index in [0.29, 0.717) is 11.1 Å². The Labute approximate surface area is 185 Å². The second kappa shape index (κ2) is 9.96. The molecule has 0 bridgehead atoms. The predicted molar refractivity (Wildman–Crippen MR) is 129 cm³/mol. The number of thioether (sulfide) groups is 1. The Hall–Kier alpha value is -3.57. The van der Waals surface area contributed by atoms with Crippen LogP contribution in [0, 0.1) is 0 Å². The summed E-state index contributed by atoms with van der Waals surface area (Å²) in [5, 5.41) is 16.1. The molecule has 4 nitrogen and oxygen atoms in total. The number of nitrogens with zero attached hydrogens (tertiary/aromatic N) is 1. The second-order valence-electron chi connectivity index (χ2n) is 7.09. The Morgan fingerprint density at radius 3 is 2.29 bits per heavy atom. The zero-order valence-electron chi connectivity index (χ0n) is 16.9. The molecule has 0 saturated heterocycles. The van der Waals surface area contributed by atoms with Crippen LogP contribution in [0.4, 0.5) is 0 Å². The van der Waals surface area contributed by atoms with Crippen LogP contribution >= 0.6 is 11.8 Å². The minimum absolute atomic E-state index is 0.119. The number of rotatable bonds is 7. The fraction of sp³-hybridized carbons (Fsp3) is 0.0769. The van der Waals surface area contributed by atoms with Crippen molar-refractivity contribution in [3.8, 4) is 5.75 Å². The van der Waals surface area contributed by atoms with Crippen LogP contribution < -0.4 is 5.43 Å². The van der Waals surface area contributed by atoms with Gasteiger partial charge in [-0.25, -0.2) is 5.43 Å². The first-order valence-electron chi connectivity index (χ1n) is 9.95.